The molecule has 0 radical (unpaired) electrons. The lowest BCUT2D eigenvalue weighted by atomic mass is 10.1. The Kier molecular flexibility index (Phi) is 8.27. The van der Waals surface area contributed by atoms with Crippen LogP contribution in [0.3, 0.4) is 0 Å². The van der Waals surface area contributed by atoms with E-state index in [0.717, 1.165) is 6.42 Å². The number of halogens is 3. The van der Waals surface area contributed by atoms with E-state index in [-0.39, 0.29) is 30.3 Å². The third-order valence-electron chi connectivity index (χ3n) is 4.41. The molecule has 0 saturated carbocycles. The molecule has 0 aromatic heterocycles. The number of amides is 2. The molecule has 0 bridgehead atoms. The first kappa shape index (κ1) is 22.2. The summed E-state index contributed by atoms with van der Waals surface area (Å²) < 4.78 is 14.0. The maximum atomic E-state index is 14.0. The minimum absolute atomic E-state index is 0.0481. The molecule has 0 aliphatic carbocycles. The summed E-state index contributed by atoms with van der Waals surface area (Å²) in [6.45, 7) is 4.13. The average Bonchev–Trinajstić information content (AvgIpc) is 2.67. The van der Waals surface area contributed by atoms with Crippen molar-refractivity contribution in [2.45, 2.75) is 39.3 Å². The first-order valence-electron chi connectivity index (χ1n) is 9.08. The largest absolute Gasteiger partial charge is 0.354 e. The zero-order chi connectivity index (χ0) is 20.7. The van der Waals surface area contributed by atoms with Crippen LogP contribution in [0.1, 0.15) is 31.4 Å². The smallest absolute Gasteiger partial charge is 0.242 e. The molecule has 0 aliphatic heterocycles. The predicted octanol–water partition coefficient (Wildman–Crippen LogP) is 4.62. The van der Waals surface area contributed by atoms with Crippen LogP contribution < -0.4 is 5.32 Å². The minimum atomic E-state index is -0.766. The van der Waals surface area contributed by atoms with E-state index in [4.69, 9.17) is 23.2 Å². The van der Waals surface area contributed by atoms with Gasteiger partial charge in [0.15, 0.2) is 0 Å². The molecule has 2 amide bonds. The molecule has 0 unspecified atom stereocenters. The lowest BCUT2D eigenvalue weighted by molar-refractivity contribution is -0.140. The second kappa shape index (κ2) is 10.4. The zero-order valence-electron chi connectivity index (χ0n) is 15.8. The van der Waals surface area contributed by atoms with Crippen LogP contribution >= 0.6 is 23.2 Å². The van der Waals surface area contributed by atoms with Gasteiger partial charge in [0.1, 0.15) is 11.9 Å². The molecule has 0 saturated heterocycles. The van der Waals surface area contributed by atoms with Crippen molar-refractivity contribution in [1.82, 2.24) is 10.2 Å². The molecule has 150 valence electrons. The number of carbonyl (C=O) groups is 2. The van der Waals surface area contributed by atoms with Crippen molar-refractivity contribution >= 4 is 35.0 Å². The lowest BCUT2D eigenvalue weighted by Gasteiger charge is -2.29. The monoisotopic (exact) mass is 424 g/mol. The first-order valence-corrected chi connectivity index (χ1v) is 9.84. The van der Waals surface area contributed by atoms with Crippen LogP contribution in [-0.4, -0.2) is 29.3 Å². The molecular formula is C21H23Cl2FN2O2. The van der Waals surface area contributed by atoms with Crippen molar-refractivity contribution in [1.29, 1.82) is 0 Å². The molecule has 0 aliphatic rings. The van der Waals surface area contributed by atoms with Crippen LogP contribution in [0.25, 0.3) is 0 Å². The normalized spacial score (nSPS) is 11.8. The molecule has 0 fully saturated rings. The fourth-order valence-corrected chi connectivity index (χ4v) is 3.26. The maximum Gasteiger partial charge on any atom is 0.242 e. The number of nitrogens with zero attached hydrogens (tertiary/aromatic N) is 1. The van der Waals surface area contributed by atoms with Gasteiger partial charge < -0.3 is 10.2 Å². The van der Waals surface area contributed by atoms with E-state index < -0.39 is 11.9 Å². The Morgan fingerprint density at radius 3 is 2.36 bits per heavy atom. The molecule has 2 rings (SSSR count). The van der Waals surface area contributed by atoms with Crippen LogP contribution in [0.2, 0.25) is 10.0 Å². The average molecular weight is 425 g/mol. The SMILES string of the molecule is CCCNC(=O)[C@H](C)N(Cc1c(Cl)cccc1Cl)C(=O)Cc1ccccc1F. The van der Waals surface area contributed by atoms with E-state index in [9.17, 15) is 14.0 Å². The summed E-state index contributed by atoms with van der Waals surface area (Å²) in [7, 11) is 0. The van der Waals surface area contributed by atoms with Gasteiger partial charge in [-0.1, -0.05) is 54.4 Å². The highest BCUT2D eigenvalue weighted by Crippen LogP contribution is 2.27. The Morgan fingerprint density at radius 1 is 1.11 bits per heavy atom. The summed E-state index contributed by atoms with van der Waals surface area (Å²) >= 11 is 12.5. The van der Waals surface area contributed by atoms with Gasteiger partial charge in [-0.3, -0.25) is 9.59 Å². The summed E-state index contributed by atoms with van der Waals surface area (Å²) in [6.07, 6.45) is 0.609. The van der Waals surface area contributed by atoms with E-state index in [1.165, 1.54) is 11.0 Å². The number of carbonyl (C=O) groups excluding carboxylic acids is 2. The van der Waals surface area contributed by atoms with Gasteiger partial charge in [0, 0.05) is 28.7 Å². The molecule has 0 spiro atoms. The van der Waals surface area contributed by atoms with Crippen molar-refractivity contribution in [2.75, 3.05) is 6.54 Å². The highest BCUT2D eigenvalue weighted by molar-refractivity contribution is 6.36. The standard InChI is InChI=1S/C21H23Cl2FN2O2/c1-3-11-25-21(28)14(2)26(13-16-17(22)8-6-9-18(16)23)20(27)12-15-7-4-5-10-19(15)24/h4-10,14H,3,11-13H2,1-2H3,(H,25,28)/t14-/m0/s1. The zero-order valence-corrected chi connectivity index (χ0v) is 17.4. The summed E-state index contributed by atoms with van der Waals surface area (Å²) in [5.74, 6) is -1.14. The number of hydrogen-bond donors (Lipinski definition) is 1. The molecule has 0 heterocycles. The molecular weight excluding hydrogens is 402 g/mol. The van der Waals surface area contributed by atoms with Gasteiger partial charge >= 0.3 is 0 Å². The molecule has 2 aromatic rings. The van der Waals surface area contributed by atoms with Crippen molar-refractivity contribution in [3.63, 3.8) is 0 Å². The van der Waals surface area contributed by atoms with Gasteiger partial charge in [-0.2, -0.15) is 0 Å². The van der Waals surface area contributed by atoms with Crippen molar-refractivity contribution in [2.24, 2.45) is 0 Å². The molecule has 2 aromatic carbocycles. The third-order valence-corrected chi connectivity index (χ3v) is 5.11. The van der Waals surface area contributed by atoms with E-state index in [1.807, 2.05) is 6.92 Å². The topological polar surface area (TPSA) is 49.4 Å². The summed E-state index contributed by atoms with van der Waals surface area (Å²) in [4.78, 5) is 26.9. The molecule has 7 heteroatoms. The maximum absolute atomic E-state index is 14.0. The summed E-state index contributed by atoms with van der Waals surface area (Å²) in [6, 6.07) is 10.4. The quantitative estimate of drug-likeness (QED) is 0.671. The minimum Gasteiger partial charge on any atom is -0.354 e. The number of nitrogens with one attached hydrogen (secondary N) is 1. The van der Waals surface area contributed by atoms with E-state index in [1.54, 1.807) is 43.3 Å². The molecule has 28 heavy (non-hydrogen) atoms. The second-order valence-corrected chi connectivity index (χ2v) is 7.27. The Balaban J connectivity index is 2.30. The van der Waals surface area contributed by atoms with Crippen LogP contribution in [0.4, 0.5) is 4.39 Å². The van der Waals surface area contributed by atoms with Crippen molar-refractivity contribution in [3.8, 4) is 0 Å². The summed E-state index contributed by atoms with van der Waals surface area (Å²) in [5, 5.41) is 3.59. The second-order valence-electron chi connectivity index (χ2n) is 6.46. The fraction of sp³-hybridized carbons (Fsp3) is 0.333. The Morgan fingerprint density at radius 2 is 1.75 bits per heavy atom. The van der Waals surface area contributed by atoms with Crippen LogP contribution in [0.15, 0.2) is 42.5 Å². The van der Waals surface area contributed by atoms with Gasteiger partial charge in [-0.15, -0.1) is 0 Å². The lowest BCUT2D eigenvalue weighted by Crippen LogP contribution is -2.48. The van der Waals surface area contributed by atoms with Gasteiger partial charge in [-0.05, 0) is 37.1 Å². The number of hydrogen-bond acceptors (Lipinski definition) is 2. The summed E-state index contributed by atoms with van der Waals surface area (Å²) in [5.41, 5.74) is 0.812. The van der Waals surface area contributed by atoms with Gasteiger partial charge in [0.2, 0.25) is 11.8 Å². The molecule has 4 nitrogen and oxygen atoms in total. The van der Waals surface area contributed by atoms with Crippen LogP contribution in [0, 0.1) is 5.82 Å². The number of benzene rings is 2. The Labute approximate surface area is 174 Å². The van der Waals surface area contributed by atoms with Crippen LogP contribution in [0.5, 0.6) is 0 Å². The van der Waals surface area contributed by atoms with Crippen molar-refractivity contribution < 1.29 is 14.0 Å². The van der Waals surface area contributed by atoms with E-state index in [2.05, 4.69) is 5.32 Å². The predicted molar refractivity (Wildman–Crippen MR) is 110 cm³/mol. The first-order chi connectivity index (χ1) is 13.3. The Hall–Kier alpha value is -2.11. The van der Waals surface area contributed by atoms with Crippen molar-refractivity contribution in [3.05, 3.63) is 69.5 Å². The molecule has 1 atom stereocenters. The highest BCUT2D eigenvalue weighted by atomic mass is 35.5. The third kappa shape index (κ3) is 5.69. The Bertz CT molecular complexity index is 825. The van der Waals surface area contributed by atoms with E-state index in [0.29, 0.717) is 22.2 Å². The van der Waals surface area contributed by atoms with Crippen LogP contribution in [-0.2, 0) is 22.6 Å². The van der Waals surface area contributed by atoms with Gasteiger partial charge in [0.05, 0.1) is 6.42 Å². The number of rotatable bonds is 8. The van der Waals surface area contributed by atoms with E-state index >= 15 is 0 Å². The highest BCUT2D eigenvalue weighted by Gasteiger charge is 2.27. The fourth-order valence-electron chi connectivity index (χ4n) is 2.74. The molecule has 1 N–H and O–H groups in total. The van der Waals surface area contributed by atoms with Gasteiger partial charge in [0.25, 0.3) is 0 Å². The van der Waals surface area contributed by atoms with Gasteiger partial charge in [-0.25, -0.2) is 4.39 Å².